The molecule has 0 aliphatic heterocycles. The Bertz CT molecular complexity index is 425. The molecule has 3 heteroatoms. The first-order chi connectivity index (χ1) is 10.2. The minimum absolute atomic E-state index is 0.217. The van der Waals surface area contributed by atoms with Gasteiger partial charge in [-0.25, -0.2) is 0 Å². The second-order valence-electron chi connectivity index (χ2n) is 6.16. The Morgan fingerprint density at radius 2 is 1.90 bits per heavy atom. The predicted octanol–water partition coefficient (Wildman–Crippen LogP) is 3.33. The molecule has 1 saturated carbocycles. The molecule has 3 nitrogen and oxygen atoms in total. The van der Waals surface area contributed by atoms with Gasteiger partial charge in [-0.1, -0.05) is 44.9 Å². The van der Waals surface area contributed by atoms with E-state index < -0.39 is 0 Å². The summed E-state index contributed by atoms with van der Waals surface area (Å²) in [6.07, 6.45) is 4.15. The van der Waals surface area contributed by atoms with Gasteiger partial charge in [0.05, 0.1) is 13.2 Å². The molecule has 0 radical (unpaired) electrons. The summed E-state index contributed by atoms with van der Waals surface area (Å²) in [5.41, 5.74) is 1.32. The van der Waals surface area contributed by atoms with E-state index in [0.29, 0.717) is 17.9 Å². The fraction of sp³-hybridized carbons (Fsp3) is 0.667. The summed E-state index contributed by atoms with van der Waals surface area (Å²) in [5.74, 6) is 2.00. The number of rotatable bonds is 8. The smallest absolute Gasteiger partial charge is 0.122 e. The van der Waals surface area contributed by atoms with E-state index in [4.69, 9.17) is 4.74 Å². The van der Waals surface area contributed by atoms with Gasteiger partial charge in [0.2, 0.25) is 0 Å². The van der Waals surface area contributed by atoms with Crippen LogP contribution in [0.2, 0.25) is 0 Å². The standard InChI is InChI=1S/C18H29NO2/c1-4-13(5-2)17(20)12-19-15-10-14(11-15)16-8-6-7-9-18(16)21-3/h6-9,13-15,17,19-20H,4-5,10-12H2,1-3H3. The first-order valence-corrected chi connectivity index (χ1v) is 8.23. The molecule has 1 unspecified atom stereocenters. The second-order valence-corrected chi connectivity index (χ2v) is 6.16. The fourth-order valence-electron chi connectivity index (χ4n) is 3.33. The van der Waals surface area contributed by atoms with Gasteiger partial charge >= 0.3 is 0 Å². The van der Waals surface area contributed by atoms with E-state index in [-0.39, 0.29) is 6.10 Å². The summed E-state index contributed by atoms with van der Waals surface area (Å²) in [6.45, 7) is 5.02. The molecule has 1 aromatic carbocycles. The second kappa shape index (κ2) is 7.81. The van der Waals surface area contributed by atoms with Crippen molar-refractivity contribution in [2.24, 2.45) is 5.92 Å². The van der Waals surface area contributed by atoms with Crippen LogP contribution in [0.1, 0.15) is 51.0 Å². The summed E-state index contributed by atoms with van der Waals surface area (Å²) < 4.78 is 5.44. The number of methoxy groups -OCH3 is 1. The molecule has 0 saturated heterocycles. The van der Waals surface area contributed by atoms with Crippen molar-refractivity contribution in [3.63, 3.8) is 0 Å². The molecule has 1 fully saturated rings. The number of aliphatic hydroxyl groups excluding tert-OH is 1. The van der Waals surface area contributed by atoms with Gasteiger partial charge in [-0.2, -0.15) is 0 Å². The zero-order valence-corrected chi connectivity index (χ0v) is 13.5. The molecule has 21 heavy (non-hydrogen) atoms. The predicted molar refractivity (Wildman–Crippen MR) is 86.8 cm³/mol. The fourth-order valence-corrected chi connectivity index (χ4v) is 3.33. The molecule has 1 atom stereocenters. The number of aliphatic hydroxyl groups is 1. The quantitative estimate of drug-likeness (QED) is 0.772. The summed E-state index contributed by atoms with van der Waals surface area (Å²) in [4.78, 5) is 0. The maximum absolute atomic E-state index is 10.2. The molecule has 1 aliphatic rings. The Kier molecular flexibility index (Phi) is 6.07. The van der Waals surface area contributed by atoms with Crippen LogP contribution < -0.4 is 10.1 Å². The summed E-state index contributed by atoms with van der Waals surface area (Å²) in [6, 6.07) is 8.83. The van der Waals surface area contributed by atoms with Crippen molar-refractivity contribution in [3.05, 3.63) is 29.8 Å². The van der Waals surface area contributed by atoms with Crippen LogP contribution in [0.4, 0.5) is 0 Å². The summed E-state index contributed by atoms with van der Waals surface area (Å²) in [7, 11) is 1.74. The minimum atomic E-state index is -0.217. The van der Waals surface area contributed by atoms with Gasteiger partial charge in [-0.3, -0.25) is 0 Å². The molecule has 118 valence electrons. The highest BCUT2D eigenvalue weighted by atomic mass is 16.5. The van der Waals surface area contributed by atoms with Gasteiger partial charge in [0, 0.05) is 12.6 Å². The topological polar surface area (TPSA) is 41.5 Å². The molecule has 2 rings (SSSR count). The molecule has 0 aromatic heterocycles. The van der Waals surface area contributed by atoms with Gasteiger partial charge in [0.25, 0.3) is 0 Å². The largest absolute Gasteiger partial charge is 0.496 e. The normalized spacial score (nSPS) is 22.9. The van der Waals surface area contributed by atoms with Gasteiger partial charge in [-0.15, -0.1) is 0 Å². The van der Waals surface area contributed by atoms with Crippen LogP contribution in [0.5, 0.6) is 5.75 Å². The number of nitrogens with one attached hydrogen (secondary N) is 1. The molecule has 1 aromatic rings. The van der Waals surface area contributed by atoms with Crippen LogP contribution in [0.25, 0.3) is 0 Å². The molecule has 0 spiro atoms. The molecule has 0 amide bonds. The zero-order chi connectivity index (χ0) is 15.2. The van der Waals surface area contributed by atoms with Crippen molar-refractivity contribution in [2.45, 2.75) is 57.6 Å². The molecule has 0 heterocycles. The average molecular weight is 291 g/mol. The minimum Gasteiger partial charge on any atom is -0.496 e. The van der Waals surface area contributed by atoms with Gasteiger partial charge in [0.15, 0.2) is 0 Å². The lowest BCUT2D eigenvalue weighted by molar-refractivity contribution is 0.0924. The van der Waals surface area contributed by atoms with E-state index in [1.54, 1.807) is 7.11 Å². The van der Waals surface area contributed by atoms with Crippen molar-refractivity contribution in [2.75, 3.05) is 13.7 Å². The highest BCUT2D eigenvalue weighted by Crippen LogP contribution is 2.40. The first-order valence-electron chi connectivity index (χ1n) is 8.23. The third kappa shape index (κ3) is 3.98. The van der Waals surface area contributed by atoms with Crippen LogP contribution in [-0.4, -0.2) is 30.9 Å². The number of benzene rings is 1. The van der Waals surface area contributed by atoms with E-state index in [1.165, 1.54) is 5.56 Å². The maximum atomic E-state index is 10.2. The number of ether oxygens (including phenoxy) is 1. The van der Waals surface area contributed by atoms with Crippen LogP contribution in [0.15, 0.2) is 24.3 Å². The Labute approximate surface area is 128 Å². The molecule has 2 N–H and O–H groups in total. The van der Waals surface area contributed by atoms with Gasteiger partial charge in [-0.05, 0) is 36.3 Å². The van der Waals surface area contributed by atoms with E-state index in [9.17, 15) is 5.11 Å². The lowest BCUT2D eigenvalue weighted by Crippen LogP contribution is -2.44. The van der Waals surface area contributed by atoms with E-state index in [1.807, 2.05) is 12.1 Å². The third-order valence-corrected chi connectivity index (χ3v) is 4.93. The van der Waals surface area contributed by atoms with Crippen molar-refractivity contribution < 1.29 is 9.84 Å². The van der Waals surface area contributed by atoms with E-state index in [0.717, 1.165) is 38.0 Å². The number of hydrogen-bond donors (Lipinski definition) is 2. The number of hydrogen-bond acceptors (Lipinski definition) is 3. The van der Waals surface area contributed by atoms with Gasteiger partial charge < -0.3 is 15.2 Å². The van der Waals surface area contributed by atoms with Crippen molar-refractivity contribution in [3.8, 4) is 5.75 Å². The third-order valence-electron chi connectivity index (χ3n) is 4.93. The lowest BCUT2D eigenvalue weighted by atomic mass is 9.75. The lowest BCUT2D eigenvalue weighted by Gasteiger charge is -2.38. The van der Waals surface area contributed by atoms with Crippen LogP contribution >= 0.6 is 0 Å². The van der Waals surface area contributed by atoms with Crippen LogP contribution in [0.3, 0.4) is 0 Å². The highest BCUT2D eigenvalue weighted by molar-refractivity contribution is 5.37. The molecule has 1 aliphatic carbocycles. The Morgan fingerprint density at radius 3 is 2.52 bits per heavy atom. The van der Waals surface area contributed by atoms with Crippen molar-refractivity contribution in [1.29, 1.82) is 0 Å². The summed E-state index contributed by atoms with van der Waals surface area (Å²) in [5, 5.41) is 13.7. The monoisotopic (exact) mass is 291 g/mol. The SMILES string of the molecule is CCC(CC)C(O)CNC1CC(c2ccccc2OC)C1. The average Bonchev–Trinajstić information content (AvgIpc) is 2.47. The highest BCUT2D eigenvalue weighted by Gasteiger charge is 2.32. The molecular weight excluding hydrogens is 262 g/mol. The molecular formula is C18H29NO2. The van der Waals surface area contributed by atoms with Crippen LogP contribution in [0, 0.1) is 5.92 Å². The summed E-state index contributed by atoms with van der Waals surface area (Å²) >= 11 is 0. The Hall–Kier alpha value is -1.06. The van der Waals surface area contributed by atoms with E-state index >= 15 is 0 Å². The molecule has 0 bridgehead atoms. The zero-order valence-electron chi connectivity index (χ0n) is 13.5. The van der Waals surface area contributed by atoms with Gasteiger partial charge in [0.1, 0.15) is 5.75 Å². The Morgan fingerprint density at radius 1 is 1.24 bits per heavy atom. The van der Waals surface area contributed by atoms with Crippen molar-refractivity contribution >= 4 is 0 Å². The van der Waals surface area contributed by atoms with Crippen LogP contribution in [-0.2, 0) is 0 Å². The van der Waals surface area contributed by atoms with Crippen molar-refractivity contribution in [1.82, 2.24) is 5.32 Å². The van der Waals surface area contributed by atoms with E-state index in [2.05, 4.69) is 31.3 Å². The Balaban J connectivity index is 1.77. The number of para-hydroxylation sites is 1. The first kappa shape index (κ1) is 16.3. The maximum Gasteiger partial charge on any atom is 0.122 e.